The fraction of sp³-hybridized carbons (Fsp3) is 0.286. The highest BCUT2D eigenvalue weighted by Crippen LogP contribution is 2.37. The van der Waals surface area contributed by atoms with Crippen LogP contribution in [0.25, 0.3) is 17.0 Å². The zero-order valence-corrected chi connectivity index (χ0v) is 17.1. The van der Waals surface area contributed by atoms with Crippen molar-refractivity contribution in [3.63, 3.8) is 0 Å². The monoisotopic (exact) mass is 419 g/mol. The van der Waals surface area contributed by atoms with Gasteiger partial charge >= 0.3 is 0 Å². The minimum Gasteiger partial charge on any atom is -0.497 e. The van der Waals surface area contributed by atoms with Crippen molar-refractivity contribution in [1.82, 2.24) is 29.7 Å². The first-order chi connectivity index (χ1) is 15.1. The second-order valence-electron chi connectivity index (χ2n) is 7.27. The molecule has 0 bridgehead atoms. The number of hydrogen-bond donors (Lipinski definition) is 2. The number of hydrogen-bond acceptors (Lipinski definition) is 7. The molecule has 4 aromatic rings. The van der Waals surface area contributed by atoms with Gasteiger partial charge in [0.15, 0.2) is 11.5 Å². The summed E-state index contributed by atoms with van der Waals surface area (Å²) in [6, 6.07) is 7.87. The van der Waals surface area contributed by atoms with Crippen LogP contribution in [0.1, 0.15) is 29.3 Å². The van der Waals surface area contributed by atoms with Gasteiger partial charge in [0.25, 0.3) is 0 Å². The molecule has 0 saturated carbocycles. The van der Waals surface area contributed by atoms with Gasteiger partial charge in [-0.05, 0) is 31.0 Å². The van der Waals surface area contributed by atoms with E-state index < -0.39 is 0 Å². The molecule has 4 heterocycles. The highest BCUT2D eigenvalue weighted by Gasteiger charge is 2.33. The Bertz CT molecular complexity index is 1250. The second-order valence-corrected chi connectivity index (χ2v) is 7.27. The number of aromatic nitrogens is 6. The van der Waals surface area contributed by atoms with Gasteiger partial charge in [-0.2, -0.15) is 9.78 Å². The Kier molecular flexibility index (Phi) is 4.83. The summed E-state index contributed by atoms with van der Waals surface area (Å²) >= 11 is 0. The van der Waals surface area contributed by atoms with Crippen LogP contribution in [0.5, 0.6) is 5.75 Å². The summed E-state index contributed by atoms with van der Waals surface area (Å²) in [6.07, 6.45) is 3.57. The number of amides is 1. The van der Waals surface area contributed by atoms with Gasteiger partial charge in [-0.15, -0.1) is 0 Å². The topological polar surface area (TPSA) is 120 Å². The number of methoxy groups -OCH3 is 1. The molecule has 1 unspecified atom stereocenters. The number of nitrogens with one attached hydrogen (secondary N) is 2. The molecule has 5 rings (SSSR count). The van der Waals surface area contributed by atoms with Crippen molar-refractivity contribution in [2.75, 3.05) is 19.0 Å². The summed E-state index contributed by atoms with van der Waals surface area (Å²) in [5.41, 5.74) is 3.94. The van der Waals surface area contributed by atoms with Crippen molar-refractivity contribution < 1.29 is 14.3 Å². The molecule has 1 aromatic carbocycles. The van der Waals surface area contributed by atoms with E-state index in [1.807, 2.05) is 31.2 Å². The van der Waals surface area contributed by atoms with E-state index in [-0.39, 0.29) is 18.4 Å². The van der Waals surface area contributed by atoms with E-state index in [9.17, 15) is 4.79 Å². The number of aromatic amines is 1. The van der Waals surface area contributed by atoms with E-state index in [4.69, 9.17) is 9.47 Å². The van der Waals surface area contributed by atoms with Crippen molar-refractivity contribution in [3.8, 4) is 11.6 Å². The van der Waals surface area contributed by atoms with Gasteiger partial charge in [-0.25, -0.2) is 15.0 Å². The number of carbonyl (C=O) groups excluding carboxylic acids is 1. The third kappa shape index (κ3) is 3.50. The number of imidazole rings is 1. The van der Waals surface area contributed by atoms with Crippen LogP contribution in [0.4, 0.5) is 5.82 Å². The third-order valence-corrected chi connectivity index (χ3v) is 5.33. The quantitative estimate of drug-likeness (QED) is 0.493. The van der Waals surface area contributed by atoms with Crippen molar-refractivity contribution in [3.05, 3.63) is 53.7 Å². The zero-order valence-electron chi connectivity index (χ0n) is 17.1. The average molecular weight is 419 g/mol. The Labute approximate surface area is 177 Å². The standard InChI is InChI=1S/C21H21N7O3/c1-12-17-15(31-8-7-13-3-5-14(30-2)6-4-13)9-16(29)26-20(17)28(27-12)21-18-19(23-10-22-18)24-11-25-21/h3-6,10-11,15H,7-9H2,1-2H3,(H,26,29)(H,22,23,24,25). The number of rotatable bonds is 6. The number of aryl methyl sites for hydroxylation is 1. The number of benzene rings is 1. The van der Waals surface area contributed by atoms with Crippen LogP contribution in [-0.2, 0) is 16.0 Å². The average Bonchev–Trinajstić information content (AvgIpc) is 3.38. The summed E-state index contributed by atoms with van der Waals surface area (Å²) in [5.74, 6) is 1.78. The lowest BCUT2D eigenvalue weighted by Crippen LogP contribution is -2.26. The van der Waals surface area contributed by atoms with Gasteiger partial charge in [-0.3, -0.25) is 4.79 Å². The van der Waals surface area contributed by atoms with E-state index in [0.29, 0.717) is 29.4 Å². The Balaban J connectivity index is 1.41. The second kappa shape index (κ2) is 7.80. The molecule has 0 spiro atoms. The van der Waals surface area contributed by atoms with Crippen LogP contribution in [0.3, 0.4) is 0 Å². The molecule has 1 atom stereocenters. The molecule has 3 aromatic heterocycles. The molecule has 2 N–H and O–H groups in total. The summed E-state index contributed by atoms with van der Waals surface area (Å²) in [7, 11) is 1.64. The van der Waals surface area contributed by atoms with E-state index >= 15 is 0 Å². The predicted molar refractivity (Wildman–Crippen MR) is 112 cm³/mol. The van der Waals surface area contributed by atoms with Gasteiger partial charge in [-0.1, -0.05) is 12.1 Å². The maximum absolute atomic E-state index is 12.4. The SMILES string of the molecule is COc1ccc(CCOC2CC(=O)Nc3c2c(C)nn3-c2ncnc3nc[nH]c23)cc1. The first-order valence-corrected chi connectivity index (χ1v) is 9.92. The molecule has 1 amide bonds. The maximum atomic E-state index is 12.4. The van der Waals surface area contributed by atoms with Crippen molar-refractivity contribution in [2.24, 2.45) is 0 Å². The van der Waals surface area contributed by atoms with Crippen molar-refractivity contribution >= 4 is 22.9 Å². The molecule has 31 heavy (non-hydrogen) atoms. The fourth-order valence-electron chi connectivity index (χ4n) is 3.82. The van der Waals surface area contributed by atoms with Crippen LogP contribution < -0.4 is 10.1 Å². The summed E-state index contributed by atoms with van der Waals surface area (Å²) in [6.45, 7) is 2.38. The van der Waals surface area contributed by atoms with Gasteiger partial charge < -0.3 is 19.8 Å². The number of H-pyrrole nitrogens is 1. The van der Waals surface area contributed by atoms with Gasteiger partial charge in [0.1, 0.15) is 23.4 Å². The van der Waals surface area contributed by atoms with Crippen molar-refractivity contribution in [2.45, 2.75) is 25.9 Å². The molecular formula is C21H21N7O3. The molecule has 10 nitrogen and oxygen atoms in total. The molecule has 1 aliphatic heterocycles. The maximum Gasteiger partial charge on any atom is 0.228 e. The van der Waals surface area contributed by atoms with Crippen molar-refractivity contribution in [1.29, 1.82) is 0 Å². The highest BCUT2D eigenvalue weighted by atomic mass is 16.5. The van der Waals surface area contributed by atoms with Crippen LogP contribution in [-0.4, -0.2) is 49.3 Å². The number of nitrogens with zero attached hydrogens (tertiary/aromatic N) is 5. The number of anilines is 1. The molecule has 0 saturated heterocycles. The highest BCUT2D eigenvalue weighted by molar-refractivity contribution is 5.94. The van der Waals surface area contributed by atoms with Crippen LogP contribution in [0.15, 0.2) is 36.9 Å². The molecule has 0 fully saturated rings. The third-order valence-electron chi connectivity index (χ3n) is 5.33. The lowest BCUT2D eigenvalue weighted by atomic mass is 10.0. The Morgan fingerprint density at radius 2 is 2.03 bits per heavy atom. The van der Waals surface area contributed by atoms with Gasteiger partial charge in [0.05, 0.1) is 38.3 Å². The lowest BCUT2D eigenvalue weighted by Gasteiger charge is -2.24. The molecule has 0 aliphatic carbocycles. The van der Waals surface area contributed by atoms with E-state index in [1.54, 1.807) is 18.1 Å². The van der Waals surface area contributed by atoms with Crippen LogP contribution >= 0.6 is 0 Å². The fourth-order valence-corrected chi connectivity index (χ4v) is 3.82. The summed E-state index contributed by atoms with van der Waals surface area (Å²) < 4.78 is 13.0. The normalized spacial score (nSPS) is 15.7. The minimum atomic E-state index is -0.380. The predicted octanol–water partition coefficient (Wildman–Crippen LogP) is 2.50. The van der Waals surface area contributed by atoms with Crippen LogP contribution in [0, 0.1) is 6.92 Å². The van der Waals surface area contributed by atoms with Gasteiger partial charge in [0, 0.05) is 5.56 Å². The number of fused-ring (bicyclic) bond motifs is 2. The smallest absolute Gasteiger partial charge is 0.228 e. The van der Waals surface area contributed by atoms with E-state index in [0.717, 1.165) is 29.0 Å². The molecule has 158 valence electrons. The first-order valence-electron chi connectivity index (χ1n) is 9.92. The summed E-state index contributed by atoms with van der Waals surface area (Å²) in [4.78, 5) is 28.1. The minimum absolute atomic E-state index is 0.127. The first kappa shape index (κ1) is 19.2. The lowest BCUT2D eigenvalue weighted by molar-refractivity contribution is -0.119. The number of ether oxygens (including phenoxy) is 2. The zero-order chi connectivity index (χ0) is 21.4. The van der Waals surface area contributed by atoms with E-state index in [1.165, 1.54) is 6.33 Å². The largest absolute Gasteiger partial charge is 0.497 e. The van der Waals surface area contributed by atoms with E-state index in [2.05, 4.69) is 30.4 Å². The Morgan fingerprint density at radius 1 is 1.19 bits per heavy atom. The molecule has 0 radical (unpaired) electrons. The molecule has 10 heteroatoms. The Morgan fingerprint density at radius 3 is 2.84 bits per heavy atom. The number of carbonyl (C=O) groups is 1. The molecular weight excluding hydrogens is 398 g/mol. The van der Waals surface area contributed by atoms with Crippen LogP contribution in [0.2, 0.25) is 0 Å². The van der Waals surface area contributed by atoms with Gasteiger partial charge in [0.2, 0.25) is 5.91 Å². The summed E-state index contributed by atoms with van der Waals surface area (Å²) in [5, 5.41) is 7.56. The Hall–Kier alpha value is -3.79. The molecule has 1 aliphatic rings.